The van der Waals surface area contributed by atoms with Gasteiger partial charge >= 0.3 is 6.09 Å². The van der Waals surface area contributed by atoms with Crippen LogP contribution < -0.4 is 0 Å². The van der Waals surface area contributed by atoms with Crippen molar-refractivity contribution in [2.24, 2.45) is 22.7 Å². The molecule has 0 aromatic rings. The minimum Gasteiger partial charge on any atom is -0.483 e. The molecule has 1 aliphatic heterocycles. The molecule has 2 aliphatic rings. The Hall–Kier alpha value is -2.48. The van der Waals surface area contributed by atoms with Gasteiger partial charge in [-0.2, -0.15) is 0 Å². The van der Waals surface area contributed by atoms with E-state index in [1.165, 1.54) is 6.92 Å². The Bertz CT molecular complexity index is 829. The third-order valence-corrected chi connectivity index (χ3v) is 7.16. The maximum atomic E-state index is 14.2. The highest BCUT2D eigenvalue weighted by molar-refractivity contribution is 5.69. The molecular weight excluding hydrogens is 489 g/mol. The van der Waals surface area contributed by atoms with Crippen LogP contribution in [0.15, 0.2) is 36.7 Å². The minimum absolute atomic E-state index is 0.0578. The standard InChI is InChI=1S/C27H44FNO3.C2H4O.CH2O2/c1-11-12-20(19(3)28)15-21(25(4,5)6)18(2)23(31-10)22-16-27(13-14-27)17-29(22)24(30)32-26(7,8)9;1-2-3;2-1-3/h11-12,18,21-23H,1,3,13-17H2,2,4-10H3;2H,1H3;1H,(H,2,3)/b20-12-;;. The van der Waals surface area contributed by atoms with E-state index in [-0.39, 0.29) is 47.4 Å². The molecule has 1 amide bonds. The second kappa shape index (κ2) is 15.2. The van der Waals surface area contributed by atoms with Gasteiger partial charge in [-0.3, -0.25) is 4.79 Å². The normalized spacial score (nSPS) is 20.5. The zero-order valence-corrected chi connectivity index (χ0v) is 24.9. The summed E-state index contributed by atoms with van der Waals surface area (Å²) in [5.74, 6) is -0.229. The summed E-state index contributed by atoms with van der Waals surface area (Å²) in [5.41, 5.74) is 0.125. The van der Waals surface area contributed by atoms with Crippen molar-refractivity contribution in [3.05, 3.63) is 36.7 Å². The summed E-state index contributed by atoms with van der Waals surface area (Å²) < 4.78 is 26.0. The van der Waals surface area contributed by atoms with Gasteiger partial charge in [0.2, 0.25) is 0 Å². The van der Waals surface area contributed by atoms with Crippen molar-refractivity contribution in [3.8, 4) is 0 Å². The zero-order valence-electron chi connectivity index (χ0n) is 24.9. The van der Waals surface area contributed by atoms with E-state index in [0.29, 0.717) is 12.0 Å². The molecule has 0 aromatic heterocycles. The lowest BCUT2D eigenvalue weighted by molar-refractivity contribution is -0.122. The molecule has 0 radical (unpaired) electrons. The lowest BCUT2D eigenvalue weighted by Gasteiger charge is -2.42. The monoisotopic (exact) mass is 539 g/mol. The molecular formula is C30H50FNO6. The van der Waals surface area contributed by atoms with E-state index < -0.39 is 11.4 Å². The van der Waals surface area contributed by atoms with Gasteiger partial charge in [-0.15, -0.1) is 0 Å². The van der Waals surface area contributed by atoms with Gasteiger partial charge in [0.15, 0.2) is 0 Å². The van der Waals surface area contributed by atoms with Gasteiger partial charge < -0.3 is 24.3 Å². The van der Waals surface area contributed by atoms with Gasteiger partial charge in [-0.05, 0) is 81.6 Å². The Kier molecular flexibility index (Phi) is 14.2. The Morgan fingerprint density at radius 2 is 1.71 bits per heavy atom. The highest BCUT2D eigenvalue weighted by Gasteiger charge is 2.57. The fourth-order valence-corrected chi connectivity index (χ4v) is 5.33. The van der Waals surface area contributed by atoms with Gasteiger partial charge in [0.1, 0.15) is 17.7 Å². The Morgan fingerprint density at radius 3 is 2.05 bits per heavy atom. The summed E-state index contributed by atoms with van der Waals surface area (Å²) in [4.78, 5) is 32.2. The second-order valence-corrected chi connectivity index (χ2v) is 12.3. The molecule has 218 valence electrons. The van der Waals surface area contributed by atoms with Crippen LogP contribution in [0.5, 0.6) is 0 Å². The average Bonchev–Trinajstić information content (AvgIpc) is 3.41. The number of ether oxygens (including phenoxy) is 2. The lowest BCUT2D eigenvalue weighted by atomic mass is 9.67. The number of amides is 1. The van der Waals surface area contributed by atoms with Gasteiger partial charge in [-0.25, -0.2) is 9.18 Å². The molecule has 4 atom stereocenters. The number of hydrogen-bond donors (Lipinski definition) is 1. The van der Waals surface area contributed by atoms with Crippen LogP contribution in [0.25, 0.3) is 0 Å². The van der Waals surface area contributed by atoms with Gasteiger partial charge in [-0.1, -0.05) is 53.0 Å². The van der Waals surface area contributed by atoms with Gasteiger partial charge in [0.05, 0.1) is 12.1 Å². The first-order valence-electron chi connectivity index (χ1n) is 13.1. The second-order valence-electron chi connectivity index (χ2n) is 12.3. The minimum atomic E-state index is -0.547. The maximum absolute atomic E-state index is 14.2. The van der Waals surface area contributed by atoms with Crippen LogP contribution in [0, 0.1) is 22.7 Å². The van der Waals surface area contributed by atoms with E-state index in [2.05, 4.69) is 40.9 Å². The van der Waals surface area contributed by atoms with Crippen LogP contribution in [0.1, 0.15) is 81.1 Å². The fourth-order valence-electron chi connectivity index (χ4n) is 5.33. The molecule has 1 saturated heterocycles. The van der Waals surface area contributed by atoms with E-state index in [4.69, 9.17) is 24.2 Å². The number of allylic oxidation sites excluding steroid dienone is 4. The van der Waals surface area contributed by atoms with Gasteiger partial charge in [0.25, 0.3) is 6.47 Å². The summed E-state index contributed by atoms with van der Waals surface area (Å²) in [5, 5.41) is 6.89. The first kappa shape index (κ1) is 35.5. The van der Waals surface area contributed by atoms with E-state index in [0.717, 1.165) is 32.1 Å². The molecule has 8 heteroatoms. The van der Waals surface area contributed by atoms with Crippen molar-refractivity contribution < 1.29 is 33.4 Å². The molecule has 4 unspecified atom stereocenters. The van der Waals surface area contributed by atoms with Crippen LogP contribution in [0.2, 0.25) is 0 Å². The number of halogens is 1. The summed E-state index contributed by atoms with van der Waals surface area (Å²) in [6, 6.07) is -0.0578. The molecule has 1 heterocycles. The fraction of sp³-hybridized carbons (Fsp3) is 0.700. The number of nitrogens with zero attached hydrogens (tertiary/aromatic N) is 1. The number of hydrogen-bond acceptors (Lipinski definition) is 5. The predicted molar refractivity (Wildman–Crippen MR) is 149 cm³/mol. The first-order valence-corrected chi connectivity index (χ1v) is 13.1. The number of rotatable bonds is 8. The number of carbonyl (C=O) groups excluding carboxylic acids is 2. The highest BCUT2D eigenvalue weighted by atomic mass is 19.1. The first-order chi connectivity index (χ1) is 17.5. The number of carbonyl (C=O) groups is 3. The third kappa shape index (κ3) is 11.1. The molecule has 2 fully saturated rings. The van der Waals surface area contributed by atoms with Gasteiger partial charge in [0, 0.05) is 13.7 Å². The average molecular weight is 540 g/mol. The van der Waals surface area contributed by atoms with Crippen LogP contribution in [0.3, 0.4) is 0 Å². The van der Waals surface area contributed by atoms with Crippen molar-refractivity contribution in [1.82, 2.24) is 4.90 Å². The summed E-state index contributed by atoms with van der Waals surface area (Å²) in [6.07, 6.45) is 7.37. The predicted octanol–water partition coefficient (Wildman–Crippen LogP) is 6.98. The Labute approximate surface area is 229 Å². The molecule has 38 heavy (non-hydrogen) atoms. The largest absolute Gasteiger partial charge is 0.483 e. The third-order valence-electron chi connectivity index (χ3n) is 7.16. The SMILES string of the molecule is C=C/C=C(/CC(C(C)C(OC)C1CC2(CC2)CN1C(=O)OC(C)(C)C)C(C)(C)C)C(=C)F.CC=O.O=CO. The van der Waals surface area contributed by atoms with Crippen LogP contribution in [-0.4, -0.2) is 60.3 Å². The van der Waals surface area contributed by atoms with E-state index in [1.807, 2.05) is 25.7 Å². The maximum Gasteiger partial charge on any atom is 0.410 e. The van der Waals surface area contributed by atoms with Crippen molar-refractivity contribution in [2.75, 3.05) is 13.7 Å². The van der Waals surface area contributed by atoms with Crippen molar-refractivity contribution in [3.63, 3.8) is 0 Å². The van der Waals surface area contributed by atoms with E-state index in [9.17, 15) is 9.18 Å². The molecule has 1 aliphatic carbocycles. The van der Waals surface area contributed by atoms with Crippen molar-refractivity contribution in [1.29, 1.82) is 0 Å². The lowest BCUT2D eigenvalue weighted by Crippen LogP contribution is -2.50. The number of likely N-dealkylation sites (tertiary alicyclic amines) is 1. The molecule has 1 N–H and O–H groups in total. The Morgan fingerprint density at radius 1 is 1.21 bits per heavy atom. The number of carboxylic acid groups (broad SMARTS) is 1. The van der Waals surface area contributed by atoms with Crippen molar-refractivity contribution in [2.45, 2.75) is 98.8 Å². The molecule has 1 spiro atoms. The summed E-state index contributed by atoms with van der Waals surface area (Å²) in [6.45, 7) is 23.6. The zero-order chi connectivity index (χ0) is 29.9. The molecule has 2 rings (SSSR count). The highest BCUT2D eigenvalue weighted by Crippen LogP contribution is 2.56. The smallest absolute Gasteiger partial charge is 0.410 e. The molecule has 0 bridgehead atoms. The number of methoxy groups -OCH3 is 1. The van der Waals surface area contributed by atoms with E-state index >= 15 is 0 Å². The molecule has 7 nitrogen and oxygen atoms in total. The molecule has 1 saturated carbocycles. The molecule has 0 aromatic carbocycles. The van der Waals surface area contributed by atoms with E-state index in [1.54, 1.807) is 19.3 Å². The van der Waals surface area contributed by atoms with Crippen LogP contribution in [0.4, 0.5) is 9.18 Å². The number of aldehydes is 1. The Balaban J connectivity index is 0.00000208. The van der Waals surface area contributed by atoms with Crippen molar-refractivity contribution >= 4 is 18.9 Å². The summed E-state index contributed by atoms with van der Waals surface area (Å²) >= 11 is 0. The van der Waals surface area contributed by atoms with Crippen LogP contribution in [-0.2, 0) is 19.1 Å². The summed E-state index contributed by atoms with van der Waals surface area (Å²) in [7, 11) is 1.72. The quantitative estimate of drug-likeness (QED) is 0.264. The topological polar surface area (TPSA) is 93.1 Å². The van der Waals surface area contributed by atoms with Crippen LogP contribution >= 0.6 is 0 Å².